The quantitative estimate of drug-likeness (QED) is 0.829. The minimum Gasteiger partial charge on any atom is -0.295 e. The molecule has 1 unspecified atom stereocenters. The highest BCUT2D eigenvalue weighted by atomic mass is 16.2. The van der Waals surface area contributed by atoms with Crippen LogP contribution in [-0.2, 0) is 4.79 Å². The van der Waals surface area contributed by atoms with Gasteiger partial charge in [0.25, 0.3) is 0 Å². The predicted molar refractivity (Wildman–Crippen MR) is 79.1 cm³/mol. The number of rotatable bonds is 4. The van der Waals surface area contributed by atoms with Gasteiger partial charge in [-0.1, -0.05) is 32.6 Å². The highest BCUT2D eigenvalue weighted by Gasteiger charge is 2.37. The van der Waals surface area contributed by atoms with Crippen molar-refractivity contribution in [3.8, 4) is 0 Å². The summed E-state index contributed by atoms with van der Waals surface area (Å²) >= 11 is 0. The minimum absolute atomic E-state index is 0.142. The summed E-state index contributed by atoms with van der Waals surface area (Å²) in [5, 5.41) is 0. The zero-order valence-electron chi connectivity index (χ0n) is 12.0. The first kappa shape index (κ1) is 13.8. The van der Waals surface area contributed by atoms with E-state index in [9.17, 15) is 4.79 Å². The summed E-state index contributed by atoms with van der Waals surface area (Å²) in [6.45, 7) is 12.3. The summed E-state index contributed by atoms with van der Waals surface area (Å²) in [7, 11) is 0. The van der Waals surface area contributed by atoms with Gasteiger partial charge in [0, 0.05) is 17.8 Å². The number of hydrogen-bond acceptors (Lipinski definition) is 2. The maximum atomic E-state index is 12.3. The van der Waals surface area contributed by atoms with Crippen molar-refractivity contribution in [2.24, 2.45) is 0 Å². The predicted octanol–water partition coefficient (Wildman–Crippen LogP) is 2.96. The third-order valence-electron chi connectivity index (χ3n) is 3.80. The lowest BCUT2D eigenvalue weighted by atomic mass is 10.1. The van der Waals surface area contributed by atoms with E-state index in [4.69, 9.17) is 0 Å². The molecule has 0 aliphatic carbocycles. The van der Waals surface area contributed by atoms with Crippen LogP contribution in [0.4, 0.5) is 5.69 Å². The van der Waals surface area contributed by atoms with E-state index in [-0.39, 0.29) is 11.9 Å². The Balaban J connectivity index is 2.28. The third-order valence-corrected chi connectivity index (χ3v) is 3.80. The van der Waals surface area contributed by atoms with Crippen molar-refractivity contribution < 1.29 is 4.79 Å². The summed E-state index contributed by atoms with van der Waals surface area (Å²) < 4.78 is 0. The fourth-order valence-corrected chi connectivity index (χ4v) is 2.76. The summed E-state index contributed by atoms with van der Waals surface area (Å²) in [5.74, 6) is 0.146. The van der Waals surface area contributed by atoms with Crippen molar-refractivity contribution >= 4 is 11.6 Å². The second-order valence-electron chi connectivity index (χ2n) is 5.00. The number of aryl methyl sites for hydroxylation is 1. The highest BCUT2D eigenvalue weighted by molar-refractivity contribution is 6.00. The molecule has 1 saturated heterocycles. The number of hydrogen-bond donors (Lipinski definition) is 0. The molecule has 1 heterocycles. The molecule has 2 rings (SSSR count). The van der Waals surface area contributed by atoms with Crippen molar-refractivity contribution in [2.75, 3.05) is 18.0 Å². The van der Waals surface area contributed by atoms with Crippen molar-refractivity contribution in [1.29, 1.82) is 0 Å². The fourth-order valence-electron chi connectivity index (χ4n) is 2.76. The summed E-state index contributed by atoms with van der Waals surface area (Å²) in [4.78, 5) is 16.3. The SMILES string of the molecule is C=C1C(N(CC)CC)CC(=O)N1c1cccc(C)c1. The van der Waals surface area contributed by atoms with E-state index in [1.807, 2.05) is 31.2 Å². The number of carbonyl (C=O) groups is 1. The van der Waals surface area contributed by atoms with Gasteiger partial charge >= 0.3 is 0 Å². The van der Waals surface area contributed by atoms with Gasteiger partial charge in [0.2, 0.25) is 5.91 Å². The molecule has 1 aliphatic rings. The number of anilines is 1. The molecule has 0 spiro atoms. The molecular weight excluding hydrogens is 236 g/mol. The normalized spacial score (nSPS) is 19.6. The monoisotopic (exact) mass is 258 g/mol. The molecule has 19 heavy (non-hydrogen) atoms. The van der Waals surface area contributed by atoms with Crippen LogP contribution >= 0.6 is 0 Å². The van der Waals surface area contributed by atoms with E-state index < -0.39 is 0 Å². The van der Waals surface area contributed by atoms with Crippen molar-refractivity contribution in [3.05, 3.63) is 42.1 Å². The molecule has 1 fully saturated rings. The van der Waals surface area contributed by atoms with Gasteiger partial charge in [-0.2, -0.15) is 0 Å². The van der Waals surface area contributed by atoms with Crippen LogP contribution in [0.3, 0.4) is 0 Å². The number of nitrogens with zero attached hydrogens (tertiary/aromatic N) is 2. The third kappa shape index (κ3) is 2.56. The molecule has 1 atom stereocenters. The van der Waals surface area contributed by atoms with Crippen LogP contribution in [0.5, 0.6) is 0 Å². The summed E-state index contributed by atoms with van der Waals surface area (Å²) in [6, 6.07) is 8.17. The lowest BCUT2D eigenvalue weighted by Crippen LogP contribution is -2.35. The van der Waals surface area contributed by atoms with Gasteiger partial charge in [0.1, 0.15) is 0 Å². The van der Waals surface area contributed by atoms with Crippen LogP contribution in [0.25, 0.3) is 0 Å². The number of carbonyl (C=O) groups excluding carboxylic acids is 1. The molecule has 0 bridgehead atoms. The van der Waals surface area contributed by atoms with Gasteiger partial charge in [-0.25, -0.2) is 0 Å². The molecule has 3 heteroatoms. The maximum Gasteiger partial charge on any atom is 0.233 e. The molecule has 1 amide bonds. The van der Waals surface area contributed by atoms with Gasteiger partial charge in [-0.15, -0.1) is 0 Å². The Morgan fingerprint density at radius 3 is 2.63 bits per heavy atom. The topological polar surface area (TPSA) is 23.6 Å². The first-order chi connectivity index (χ1) is 9.08. The van der Waals surface area contributed by atoms with Gasteiger partial charge in [0.15, 0.2) is 0 Å². The average molecular weight is 258 g/mol. The van der Waals surface area contributed by atoms with Crippen molar-refractivity contribution in [2.45, 2.75) is 33.2 Å². The molecule has 1 aromatic rings. The highest BCUT2D eigenvalue weighted by Crippen LogP contribution is 2.31. The second kappa shape index (κ2) is 5.57. The van der Waals surface area contributed by atoms with Crippen LogP contribution in [-0.4, -0.2) is 29.9 Å². The number of amides is 1. The number of benzene rings is 1. The van der Waals surface area contributed by atoms with E-state index in [2.05, 4.69) is 25.3 Å². The fraction of sp³-hybridized carbons (Fsp3) is 0.438. The summed E-state index contributed by atoms with van der Waals surface area (Å²) in [6.07, 6.45) is 0.536. The van der Waals surface area contributed by atoms with Gasteiger partial charge in [-0.3, -0.25) is 14.6 Å². The molecule has 1 aliphatic heterocycles. The van der Waals surface area contributed by atoms with Gasteiger partial charge in [0.05, 0.1) is 6.04 Å². The maximum absolute atomic E-state index is 12.3. The molecule has 102 valence electrons. The lowest BCUT2D eigenvalue weighted by Gasteiger charge is -2.27. The van der Waals surface area contributed by atoms with Crippen LogP contribution in [0.1, 0.15) is 25.8 Å². The summed E-state index contributed by atoms with van der Waals surface area (Å²) in [5.41, 5.74) is 2.99. The Kier molecular flexibility index (Phi) is 4.05. The van der Waals surface area contributed by atoms with E-state index in [1.54, 1.807) is 4.90 Å². The molecule has 3 nitrogen and oxygen atoms in total. The largest absolute Gasteiger partial charge is 0.295 e. The second-order valence-corrected chi connectivity index (χ2v) is 5.00. The zero-order valence-corrected chi connectivity index (χ0v) is 12.0. The Labute approximate surface area is 115 Å². The van der Waals surface area contributed by atoms with Gasteiger partial charge in [-0.05, 0) is 37.7 Å². The lowest BCUT2D eigenvalue weighted by molar-refractivity contribution is -0.117. The minimum atomic E-state index is 0.142. The average Bonchev–Trinajstić information content (AvgIpc) is 2.67. The molecule has 0 N–H and O–H groups in total. The van der Waals surface area contributed by atoms with Crippen molar-refractivity contribution in [1.82, 2.24) is 4.90 Å². The van der Waals surface area contributed by atoms with Crippen LogP contribution in [0.2, 0.25) is 0 Å². The molecule has 0 radical (unpaired) electrons. The van der Waals surface area contributed by atoms with E-state index >= 15 is 0 Å². The van der Waals surface area contributed by atoms with E-state index in [0.717, 1.165) is 30.0 Å². The first-order valence-electron chi connectivity index (χ1n) is 6.91. The number of likely N-dealkylation sites (N-methyl/N-ethyl adjacent to an activating group) is 1. The standard InChI is InChI=1S/C16H22N2O/c1-5-17(6-2)15-11-16(19)18(13(15)4)14-9-7-8-12(3)10-14/h7-10,15H,4-6,11H2,1-3H3. The molecule has 1 aromatic carbocycles. The molecular formula is C16H22N2O. The van der Waals surface area contributed by atoms with E-state index in [0.29, 0.717) is 6.42 Å². The van der Waals surface area contributed by atoms with Crippen LogP contribution in [0, 0.1) is 6.92 Å². The van der Waals surface area contributed by atoms with Crippen molar-refractivity contribution in [3.63, 3.8) is 0 Å². The smallest absolute Gasteiger partial charge is 0.233 e. The molecule has 0 aromatic heterocycles. The van der Waals surface area contributed by atoms with Crippen LogP contribution < -0.4 is 4.90 Å². The van der Waals surface area contributed by atoms with E-state index in [1.165, 1.54) is 0 Å². The Hall–Kier alpha value is -1.61. The zero-order chi connectivity index (χ0) is 14.0. The van der Waals surface area contributed by atoms with Gasteiger partial charge < -0.3 is 0 Å². The Morgan fingerprint density at radius 2 is 2.05 bits per heavy atom. The molecule has 0 saturated carbocycles. The first-order valence-corrected chi connectivity index (χ1v) is 6.91. The Morgan fingerprint density at radius 1 is 1.37 bits per heavy atom. The van der Waals surface area contributed by atoms with Crippen LogP contribution in [0.15, 0.2) is 36.5 Å². The Bertz CT molecular complexity index is 491.